The topological polar surface area (TPSA) is 71.0 Å². The molecule has 132 valence electrons. The summed E-state index contributed by atoms with van der Waals surface area (Å²) in [4.78, 5) is 12.8. The number of nitrogens with one attached hydrogen (secondary N) is 3. The maximum Gasteiger partial charge on any atom is 0.316 e. The fourth-order valence-electron chi connectivity index (χ4n) is 4.34. The normalized spacial score (nSPS) is 26.2. The van der Waals surface area contributed by atoms with Gasteiger partial charge in [0, 0.05) is 31.9 Å². The van der Waals surface area contributed by atoms with Crippen LogP contribution in [-0.2, 0) is 7.05 Å². The standard InChI is InChI=1S/C19H25N5O/c1-24-12-15(10-21-24)17(14-6-3-2-4-7-14)22-18(25)23-19-9-5-8-16(19)11-20-13-19/h2-4,6-7,10,12,16-17,20H,5,8-9,11,13H2,1H3,(H2,22,23,25)/t16-,17?,19-/m0/s1. The number of hydrogen-bond acceptors (Lipinski definition) is 3. The van der Waals surface area contributed by atoms with Crippen molar-refractivity contribution < 1.29 is 4.79 Å². The number of carbonyl (C=O) groups excluding carboxylic acids is 1. The monoisotopic (exact) mass is 339 g/mol. The van der Waals surface area contributed by atoms with Crippen molar-refractivity contribution in [3.63, 3.8) is 0 Å². The van der Waals surface area contributed by atoms with Gasteiger partial charge in [-0.3, -0.25) is 4.68 Å². The SMILES string of the molecule is Cn1cc(C(NC(=O)N[C@]23CCC[C@H]2CNC3)c2ccccc2)cn1. The first-order valence-electron chi connectivity index (χ1n) is 8.99. The van der Waals surface area contributed by atoms with Crippen molar-refractivity contribution >= 4 is 6.03 Å². The zero-order chi connectivity index (χ0) is 17.3. The summed E-state index contributed by atoms with van der Waals surface area (Å²) in [6.07, 6.45) is 7.20. The lowest BCUT2D eigenvalue weighted by molar-refractivity contribution is 0.218. The Morgan fingerprint density at radius 3 is 2.96 bits per heavy atom. The summed E-state index contributed by atoms with van der Waals surface area (Å²) < 4.78 is 1.76. The Morgan fingerprint density at radius 1 is 1.36 bits per heavy atom. The lowest BCUT2D eigenvalue weighted by atomic mass is 9.91. The van der Waals surface area contributed by atoms with Gasteiger partial charge in [0.05, 0.1) is 17.8 Å². The Balaban J connectivity index is 1.53. The van der Waals surface area contributed by atoms with Crippen LogP contribution in [-0.4, -0.2) is 34.4 Å². The van der Waals surface area contributed by atoms with Crippen LogP contribution in [0.1, 0.15) is 36.4 Å². The lowest BCUT2D eigenvalue weighted by Gasteiger charge is -2.31. The van der Waals surface area contributed by atoms with Gasteiger partial charge in [-0.25, -0.2) is 4.79 Å². The fourth-order valence-corrected chi connectivity index (χ4v) is 4.34. The summed E-state index contributed by atoms with van der Waals surface area (Å²) >= 11 is 0. The number of benzene rings is 1. The zero-order valence-corrected chi connectivity index (χ0v) is 14.5. The maximum atomic E-state index is 12.8. The summed E-state index contributed by atoms with van der Waals surface area (Å²) in [6.45, 7) is 1.87. The molecule has 6 nitrogen and oxygen atoms in total. The molecule has 4 rings (SSSR count). The molecule has 1 aromatic carbocycles. The van der Waals surface area contributed by atoms with Gasteiger partial charge in [-0.05, 0) is 24.3 Å². The van der Waals surface area contributed by atoms with Crippen molar-refractivity contribution in [1.82, 2.24) is 25.7 Å². The average molecular weight is 339 g/mol. The molecule has 2 aliphatic rings. The first-order valence-corrected chi connectivity index (χ1v) is 8.99. The van der Waals surface area contributed by atoms with Crippen molar-refractivity contribution in [2.45, 2.75) is 30.8 Å². The van der Waals surface area contributed by atoms with E-state index in [1.54, 1.807) is 4.68 Å². The second-order valence-electron chi connectivity index (χ2n) is 7.27. The van der Waals surface area contributed by atoms with Gasteiger partial charge in [0.1, 0.15) is 0 Å². The Labute approximate surface area is 148 Å². The molecule has 0 spiro atoms. The predicted octanol–water partition coefficient (Wildman–Crippen LogP) is 1.95. The number of aryl methyl sites for hydroxylation is 1. The number of fused-ring (bicyclic) bond motifs is 1. The summed E-state index contributed by atoms with van der Waals surface area (Å²) in [6, 6.07) is 9.72. The second kappa shape index (κ2) is 6.52. The molecule has 2 heterocycles. The largest absolute Gasteiger partial charge is 0.331 e. The molecule has 3 N–H and O–H groups in total. The molecular weight excluding hydrogens is 314 g/mol. The Morgan fingerprint density at radius 2 is 2.20 bits per heavy atom. The Bertz CT molecular complexity index is 731. The van der Waals surface area contributed by atoms with Crippen LogP contribution in [0.25, 0.3) is 0 Å². The average Bonchev–Trinajstić information content (AvgIpc) is 3.29. The van der Waals surface area contributed by atoms with E-state index >= 15 is 0 Å². The number of carbonyl (C=O) groups is 1. The quantitative estimate of drug-likeness (QED) is 0.797. The number of amides is 2. The van der Waals surface area contributed by atoms with Crippen LogP contribution >= 0.6 is 0 Å². The molecule has 1 saturated carbocycles. The van der Waals surface area contributed by atoms with Gasteiger partial charge in [-0.15, -0.1) is 0 Å². The van der Waals surface area contributed by atoms with Gasteiger partial charge in [0.2, 0.25) is 0 Å². The van der Waals surface area contributed by atoms with Crippen molar-refractivity contribution in [1.29, 1.82) is 0 Å². The molecule has 1 saturated heterocycles. The highest BCUT2D eigenvalue weighted by atomic mass is 16.2. The van der Waals surface area contributed by atoms with Crippen LogP contribution in [0, 0.1) is 5.92 Å². The van der Waals surface area contributed by atoms with Crippen molar-refractivity contribution in [2.75, 3.05) is 13.1 Å². The van der Waals surface area contributed by atoms with E-state index in [0.717, 1.165) is 30.6 Å². The minimum atomic E-state index is -0.208. The lowest BCUT2D eigenvalue weighted by Crippen LogP contribution is -2.55. The molecule has 2 amide bonds. The van der Waals surface area contributed by atoms with E-state index in [-0.39, 0.29) is 17.6 Å². The summed E-state index contributed by atoms with van der Waals surface area (Å²) in [5, 5.41) is 14.2. The molecule has 0 bridgehead atoms. The van der Waals surface area contributed by atoms with E-state index in [1.165, 1.54) is 12.8 Å². The molecule has 0 radical (unpaired) electrons. The van der Waals surface area contributed by atoms with Gasteiger partial charge >= 0.3 is 6.03 Å². The molecule has 1 aromatic heterocycles. The minimum absolute atomic E-state index is 0.0831. The van der Waals surface area contributed by atoms with E-state index in [1.807, 2.05) is 49.8 Å². The van der Waals surface area contributed by atoms with Crippen molar-refractivity contribution in [2.24, 2.45) is 13.0 Å². The third-order valence-corrected chi connectivity index (χ3v) is 5.62. The molecule has 1 aliphatic heterocycles. The summed E-state index contributed by atoms with van der Waals surface area (Å²) in [5.74, 6) is 0.548. The van der Waals surface area contributed by atoms with E-state index in [4.69, 9.17) is 0 Å². The number of rotatable bonds is 4. The smallest absolute Gasteiger partial charge is 0.316 e. The number of urea groups is 1. The van der Waals surface area contributed by atoms with Gasteiger partial charge in [-0.2, -0.15) is 5.10 Å². The summed E-state index contributed by atoms with van der Waals surface area (Å²) in [5.41, 5.74) is 1.95. The number of aromatic nitrogens is 2. The molecule has 2 aromatic rings. The molecule has 6 heteroatoms. The molecule has 2 fully saturated rings. The van der Waals surface area contributed by atoms with E-state index in [0.29, 0.717) is 5.92 Å². The third-order valence-electron chi connectivity index (χ3n) is 5.62. The van der Waals surface area contributed by atoms with Gasteiger partial charge in [0.25, 0.3) is 0 Å². The molecule has 1 aliphatic carbocycles. The first-order chi connectivity index (χ1) is 12.2. The highest BCUT2D eigenvalue weighted by molar-refractivity contribution is 5.76. The van der Waals surface area contributed by atoms with E-state index in [2.05, 4.69) is 21.0 Å². The van der Waals surface area contributed by atoms with Gasteiger partial charge in [0.15, 0.2) is 0 Å². The van der Waals surface area contributed by atoms with Crippen LogP contribution in [0.2, 0.25) is 0 Å². The molecule has 25 heavy (non-hydrogen) atoms. The van der Waals surface area contributed by atoms with Crippen LogP contribution in [0.5, 0.6) is 0 Å². The van der Waals surface area contributed by atoms with Crippen LogP contribution in [0.3, 0.4) is 0 Å². The fraction of sp³-hybridized carbons (Fsp3) is 0.474. The Kier molecular flexibility index (Phi) is 4.21. The predicted molar refractivity (Wildman–Crippen MR) is 96.1 cm³/mol. The van der Waals surface area contributed by atoms with E-state index in [9.17, 15) is 4.79 Å². The van der Waals surface area contributed by atoms with Crippen molar-refractivity contribution in [3.05, 3.63) is 53.9 Å². The van der Waals surface area contributed by atoms with Crippen LogP contribution in [0.15, 0.2) is 42.7 Å². The zero-order valence-electron chi connectivity index (χ0n) is 14.5. The molecular formula is C19H25N5O. The van der Waals surface area contributed by atoms with Crippen LogP contribution < -0.4 is 16.0 Å². The minimum Gasteiger partial charge on any atom is -0.331 e. The molecule has 1 unspecified atom stereocenters. The van der Waals surface area contributed by atoms with Crippen molar-refractivity contribution in [3.8, 4) is 0 Å². The van der Waals surface area contributed by atoms with Gasteiger partial charge < -0.3 is 16.0 Å². The molecule has 3 atom stereocenters. The highest BCUT2D eigenvalue weighted by Gasteiger charge is 2.47. The maximum absolute atomic E-state index is 12.8. The summed E-state index contributed by atoms with van der Waals surface area (Å²) in [7, 11) is 1.89. The Hall–Kier alpha value is -2.34. The second-order valence-corrected chi connectivity index (χ2v) is 7.27. The highest BCUT2D eigenvalue weighted by Crippen LogP contribution is 2.38. The third kappa shape index (κ3) is 3.14. The van der Waals surface area contributed by atoms with Crippen LogP contribution in [0.4, 0.5) is 4.79 Å². The number of nitrogens with zero attached hydrogens (tertiary/aromatic N) is 2. The number of hydrogen-bond donors (Lipinski definition) is 3. The van der Waals surface area contributed by atoms with E-state index < -0.39 is 0 Å². The first kappa shape index (κ1) is 16.1. The van der Waals surface area contributed by atoms with Gasteiger partial charge in [-0.1, -0.05) is 36.8 Å².